The third-order valence-corrected chi connectivity index (χ3v) is 3.38. The van der Waals surface area contributed by atoms with E-state index in [-0.39, 0.29) is 13.2 Å². The average molecular weight is 349 g/mol. The molecule has 1 aromatic carbocycles. The standard InChI is InChI=1S/C16H24BN3O5/c1-10(22)14(20-13(17)7-18)15(23)19-12(8-21)16(24)25-9-11-5-3-2-4-6-11/h2-6,10,12,14,17,20-22H,7-9,18H2,1H3,(H,19,23)/t10-,12+,14+/m1/s1. The minimum absolute atomic E-state index is 0.0219. The van der Waals surface area contributed by atoms with Gasteiger partial charge in [-0.1, -0.05) is 6.07 Å². The summed E-state index contributed by atoms with van der Waals surface area (Å²) >= 11 is 0. The number of esters is 1. The summed E-state index contributed by atoms with van der Waals surface area (Å²) in [5, 5.41) is 24.1. The fourth-order valence-corrected chi connectivity index (χ4v) is 1.95. The number of amides is 1. The van der Waals surface area contributed by atoms with Crippen LogP contribution in [0.15, 0.2) is 30.3 Å². The van der Waals surface area contributed by atoms with Crippen LogP contribution in [0.3, 0.4) is 0 Å². The minimum atomic E-state index is -1.24. The van der Waals surface area contributed by atoms with Gasteiger partial charge in [0.1, 0.15) is 0 Å². The third-order valence-electron chi connectivity index (χ3n) is 3.38. The van der Waals surface area contributed by atoms with E-state index < -0.39 is 36.7 Å². The fourth-order valence-electron chi connectivity index (χ4n) is 1.95. The molecular weight excluding hydrogens is 325 g/mol. The Labute approximate surface area is 147 Å². The topological polar surface area (TPSA) is 134 Å². The van der Waals surface area contributed by atoms with Crippen LogP contribution in [0, 0.1) is 0 Å². The van der Waals surface area contributed by atoms with Gasteiger partial charge in [0.2, 0.25) is 0 Å². The predicted octanol–water partition coefficient (Wildman–Crippen LogP) is -2.46. The van der Waals surface area contributed by atoms with Crippen LogP contribution < -0.4 is 16.4 Å². The van der Waals surface area contributed by atoms with E-state index in [0.29, 0.717) is 5.59 Å². The molecule has 0 aliphatic rings. The van der Waals surface area contributed by atoms with Crippen LogP contribution in [0.4, 0.5) is 0 Å². The quantitative estimate of drug-likeness (QED) is 0.234. The van der Waals surface area contributed by atoms with Crippen molar-refractivity contribution in [3.63, 3.8) is 0 Å². The number of nitrogens with two attached hydrogens (primary N) is 1. The first-order valence-electron chi connectivity index (χ1n) is 7.83. The van der Waals surface area contributed by atoms with Crippen molar-refractivity contribution in [2.45, 2.75) is 31.7 Å². The molecule has 1 aromatic rings. The summed E-state index contributed by atoms with van der Waals surface area (Å²) in [6, 6.07) is 6.70. The van der Waals surface area contributed by atoms with E-state index >= 15 is 0 Å². The number of aliphatic hydroxyl groups excluding tert-OH is 2. The van der Waals surface area contributed by atoms with Gasteiger partial charge in [0.15, 0.2) is 0 Å². The van der Waals surface area contributed by atoms with Gasteiger partial charge >= 0.3 is 141 Å². The van der Waals surface area contributed by atoms with E-state index in [1.54, 1.807) is 24.3 Å². The second-order valence-corrected chi connectivity index (χ2v) is 5.51. The Morgan fingerprint density at radius 3 is 2.44 bits per heavy atom. The molecule has 1 rings (SSSR count). The number of aliphatic hydroxyl groups is 2. The molecular formula is C16H24BN3O5. The van der Waals surface area contributed by atoms with E-state index in [1.165, 1.54) is 6.92 Å². The number of rotatable bonds is 10. The first-order valence-corrected chi connectivity index (χ1v) is 7.83. The number of carbonyl (C=O) groups excluding carboxylic acids is 2. The van der Waals surface area contributed by atoms with Gasteiger partial charge in [-0.3, -0.25) is 0 Å². The van der Waals surface area contributed by atoms with Crippen molar-refractivity contribution in [1.29, 1.82) is 0 Å². The van der Waals surface area contributed by atoms with Gasteiger partial charge in [0.25, 0.3) is 0 Å². The van der Waals surface area contributed by atoms with Crippen molar-refractivity contribution < 1.29 is 24.5 Å². The number of carbonyl (C=O) groups is 2. The summed E-state index contributed by atoms with van der Waals surface area (Å²) in [5.41, 5.74) is 6.54. The van der Waals surface area contributed by atoms with E-state index in [4.69, 9.17) is 10.5 Å². The summed E-state index contributed by atoms with van der Waals surface area (Å²) in [6.45, 7) is 0.875. The molecule has 0 saturated heterocycles. The van der Waals surface area contributed by atoms with E-state index in [0.717, 1.165) is 5.56 Å². The third kappa shape index (κ3) is 7.04. The molecule has 0 bridgehead atoms. The Kier molecular flexibility index (Phi) is 8.83. The van der Waals surface area contributed by atoms with Crippen LogP contribution in [0.2, 0.25) is 0 Å². The number of nitrogens with one attached hydrogen (secondary N) is 2. The molecule has 6 N–H and O–H groups in total. The number of hydrogen-bond acceptors (Lipinski definition) is 7. The molecule has 0 heterocycles. The molecule has 0 spiro atoms. The summed E-state index contributed by atoms with van der Waals surface area (Å²) < 4.78 is 5.09. The van der Waals surface area contributed by atoms with Crippen molar-refractivity contribution >= 4 is 25.0 Å². The Morgan fingerprint density at radius 2 is 1.92 bits per heavy atom. The molecule has 9 heteroatoms. The monoisotopic (exact) mass is 349 g/mol. The Morgan fingerprint density at radius 1 is 1.28 bits per heavy atom. The van der Waals surface area contributed by atoms with Crippen LogP contribution in [0.5, 0.6) is 0 Å². The summed E-state index contributed by atoms with van der Waals surface area (Å²) in [4.78, 5) is 24.3. The van der Waals surface area contributed by atoms with Crippen LogP contribution in [0.25, 0.3) is 0 Å². The zero-order chi connectivity index (χ0) is 18.8. The summed E-state index contributed by atoms with van der Waals surface area (Å²) in [5.74, 6) is -1.46. The Bertz CT molecular complexity index is 582. The number of hydrogen-bond donors (Lipinski definition) is 5. The van der Waals surface area contributed by atoms with Crippen molar-refractivity contribution in [3.05, 3.63) is 35.9 Å². The van der Waals surface area contributed by atoms with Crippen LogP contribution >= 0.6 is 0 Å². The average Bonchev–Trinajstić information content (AvgIpc) is 2.62. The van der Waals surface area contributed by atoms with Gasteiger partial charge in [-0.15, -0.1) is 0 Å². The molecule has 3 atom stereocenters. The Balaban J connectivity index is 2.63. The molecule has 1 amide bonds. The van der Waals surface area contributed by atoms with Gasteiger partial charge in [-0.25, -0.2) is 0 Å². The van der Waals surface area contributed by atoms with Gasteiger partial charge in [-0.2, -0.15) is 0 Å². The normalized spacial score (nSPS) is 14.0. The van der Waals surface area contributed by atoms with Gasteiger partial charge in [0.05, 0.1) is 0 Å². The van der Waals surface area contributed by atoms with Crippen LogP contribution in [0.1, 0.15) is 12.5 Å². The zero-order valence-corrected chi connectivity index (χ0v) is 14.1. The molecule has 25 heavy (non-hydrogen) atoms. The van der Waals surface area contributed by atoms with Gasteiger partial charge < -0.3 is 0 Å². The molecule has 136 valence electrons. The SMILES string of the molecule is B=C(CN)N[C@H](C(=O)N[C@@H](CO)C(=O)OCc1ccccc1)[C@@H](C)O. The van der Waals surface area contributed by atoms with Crippen molar-refractivity contribution in [1.82, 2.24) is 10.6 Å². The van der Waals surface area contributed by atoms with Gasteiger partial charge in [-0.05, 0) is 0 Å². The second-order valence-electron chi connectivity index (χ2n) is 5.51. The van der Waals surface area contributed by atoms with Crippen molar-refractivity contribution in [2.24, 2.45) is 5.73 Å². The summed E-state index contributed by atoms with van der Waals surface area (Å²) in [6.07, 6.45) is -1.07. The van der Waals surface area contributed by atoms with Crippen molar-refractivity contribution in [3.8, 4) is 0 Å². The first kappa shape index (κ1) is 20.8. The van der Waals surface area contributed by atoms with Gasteiger partial charge in [0, 0.05) is 0 Å². The molecule has 0 fully saturated rings. The molecule has 8 nitrogen and oxygen atoms in total. The number of benzene rings is 1. The molecule has 0 aliphatic heterocycles. The van der Waals surface area contributed by atoms with E-state index in [2.05, 4.69) is 18.1 Å². The van der Waals surface area contributed by atoms with E-state index in [9.17, 15) is 19.8 Å². The zero-order valence-electron chi connectivity index (χ0n) is 14.1. The summed E-state index contributed by atoms with van der Waals surface area (Å²) in [7, 11) is 3.61. The van der Waals surface area contributed by atoms with Crippen molar-refractivity contribution in [2.75, 3.05) is 13.2 Å². The molecule has 0 saturated carbocycles. The molecule has 0 aromatic heterocycles. The Hall–Kier alpha value is -2.23. The van der Waals surface area contributed by atoms with Crippen LogP contribution in [-0.2, 0) is 20.9 Å². The molecule has 0 radical (unpaired) electrons. The predicted molar refractivity (Wildman–Crippen MR) is 95.1 cm³/mol. The fraction of sp³-hybridized carbons (Fsp3) is 0.438. The molecule has 0 aliphatic carbocycles. The van der Waals surface area contributed by atoms with E-state index in [1.807, 2.05) is 6.07 Å². The maximum atomic E-state index is 12.2. The first-order chi connectivity index (χ1) is 11.9. The second kappa shape index (κ2) is 10.6. The number of ether oxygens (including phenoxy) is 1. The maximum absolute atomic E-state index is 12.2. The molecule has 0 unspecified atom stereocenters. The van der Waals surface area contributed by atoms with Crippen LogP contribution in [-0.4, -0.2) is 66.5 Å².